The van der Waals surface area contributed by atoms with E-state index < -0.39 is 0 Å². The van der Waals surface area contributed by atoms with E-state index in [4.69, 9.17) is 5.26 Å². The smallest absolute Gasteiger partial charge is 0.0912 e. The molecule has 0 aliphatic heterocycles. The topological polar surface area (TPSA) is 23.8 Å². The van der Waals surface area contributed by atoms with Crippen LogP contribution in [-0.2, 0) is 0 Å². The van der Waals surface area contributed by atoms with Crippen LogP contribution in [0.3, 0.4) is 0 Å². The monoisotopic (exact) mass is 149 g/mol. The van der Waals surface area contributed by atoms with Crippen LogP contribution in [0.25, 0.3) is 0 Å². The molecule has 0 aromatic carbocycles. The molecule has 11 heavy (non-hydrogen) atoms. The van der Waals surface area contributed by atoms with Crippen LogP contribution in [0.5, 0.6) is 0 Å². The fraction of sp³-hybridized carbons (Fsp3) is 0.500. The zero-order valence-corrected chi connectivity index (χ0v) is 7.09. The van der Waals surface area contributed by atoms with Crippen molar-refractivity contribution in [1.82, 2.24) is 0 Å². The summed E-state index contributed by atoms with van der Waals surface area (Å²) in [6.07, 6.45) is 12.2. The van der Waals surface area contributed by atoms with E-state index in [0.717, 1.165) is 6.42 Å². The zero-order valence-electron chi connectivity index (χ0n) is 7.09. The number of hydrogen-bond donors (Lipinski definition) is 0. The van der Waals surface area contributed by atoms with Crippen LogP contribution >= 0.6 is 0 Å². The number of unbranched alkanes of at least 4 members (excludes halogenated alkanes) is 3. The van der Waals surface area contributed by atoms with Crippen molar-refractivity contribution in [3.63, 3.8) is 0 Å². The first-order valence-corrected chi connectivity index (χ1v) is 4.13. The van der Waals surface area contributed by atoms with Crippen molar-refractivity contribution in [3.8, 4) is 6.07 Å². The molecule has 0 unspecified atom stereocenters. The average Bonchev–Trinajstić information content (AvgIpc) is 2.03. The predicted octanol–water partition coefficient (Wildman–Crippen LogP) is 3.20. The lowest BCUT2D eigenvalue weighted by molar-refractivity contribution is 0.729. The molecule has 0 atom stereocenters. The van der Waals surface area contributed by atoms with Gasteiger partial charge in [0.1, 0.15) is 0 Å². The zero-order chi connectivity index (χ0) is 8.36. The minimum atomic E-state index is 1.13. The molecule has 0 aromatic heterocycles. The van der Waals surface area contributed by atoms with E-state index in [1.807, 2.05) is 12.1 Å². The molecule has 0 saturated heterocycles. The highest BCUT2D eigenvalue weighted by Crippen LogP contribution is 1.99. The van der Waals surface area contributed by atoms with Gasteiger partial charge in [-0.15, -0.1) is 0 Å². The van der Waals surface area contributed by atoms with Gasteiger partial charge in [-0.2, -0.15) is 5.26 Å². The Kier molecular flexibility index (Phi) is 8.13. The average molecular weight is 149 g/mol. The van der Waals surface area contributed by atoms with Crippen molar-refractivity contribution < 1.29 is 0 Å². The summed E-state index contributed by atoms with van der Waals surface area (Å²) in [5.41, 5.74) is 0. The largest absolute Gasteiger partial charge is 0.193 e. The fourth-order valence-corrected chi connectivity index (χ4v) is 0.786. The van der Waals surface area contributed by atoms with E-state index >= 15 is 0 Å². The molecule has 0 aromatic rings. The number of hydrogen-bond acceptors (Lipinski definition) is 1. The lowest BCUT2D eigenvalue weighted by atomic mass is 10.2. The molecule has 60 valence electrons. The van der Waals surface area contributed by atoms with E-state index in [9.17, 15) is 0 Å². The molecule has 1 heteroatoms. The molecular formula is C10H15N. The van der Waals surface area contributed by atoms with Gasteiger partial charge in [-0.25, -0.2) is 0 Å². The summed E-state index contributed by atoms with van der Waals surface area (Å²) in [6.45, 7) is 2.19. The van der Waals surface area contributed by atoms with Crippen molar-refractivity contribution >= 4 is 0 Å². The molecule has 0 fully saturated rings. The maximum Gasteiger partial charge on any atom is 0.0912 e. The van der Waals surface area contributed by atoms with Crippen molar-refractivity contribution in [2.45, 2.75) is 32.6 Å². The summed E-state index contributed by atoms with van der Waals surface area (Å²) in [4.78, 5) is 0. The lowest BCUT2D eigenvalue weighted by Gasteiger charge is -1.89. The molecule has 0 bridgehead atoms. The van der Waals surface area contributed by atoms with Crippen LogP contribution in [-0.4, -0.2) is 0 Å². The number of nitriles is 1. The Labute approximate surface area is 69.0 Å². The predicted molar refractivity (Wildman–Crippen MR) is 48.0 cm³/mol. The summed E-state index contributed by atoms with van der Waals surface area (Å²) < 4.78 is 0. The Morgan fingerprint density at radius 2 is 2.09 bits per heavy atom. The second-order valence-electron chi connectivity index (χ2n) is 2.41. The Bertz CT molecular complexity index is 160. The molecule has 0 aliphatic carbocycles. The van der Waals surface area contributed by atoms with Crippen LogP contribution in [0.4, 0.5) is 0 Å². The minimum absolute atomic E-state index is 1.13. The van der Waals surface area contributed by atoms with Crippen LogP contribution in [0, 0.1) is 11.3 Å². The number of nitrogens with zero attached hydrogens (tertiary/aromatic N) is 1. The summed E-state index contributed by atoms with van der Waals surface area (Å²) in [6, 6.07) is 1.94. The summed E-state index contributed by atoms with van der Waals surface area (Å²) >= 11 is 0. The molecular weight excluding hydrogens is 134 g/mol. The van der Waals surface area contributed by atoms with Crippen molar-refractivity contribution in [2.75, 3.05) is 0 Å². The van der Waals surface area contributed by atoms with Gasteiger partial charge >= 0.3 is 0 Å². The lowest BCUT2D eigenvalue weighted by Crippen LogP contribution is -1.69. The van der Waals surface area contributed by atoms with Gasteiger partial charge in [0.15, 0.2) is 0 Å². The molecule has 0 amide bonds. The van der Waals surface area contributed by atoms with Gasteiger partial charge in [0.25, 0.3) is 0 Å². The van der Waals surface area contributed by atoms with Gasteiger partial charge < -0.3 is 0 Å². The van der Waals surface area contributed by atoms with Crippen molar-refractivity contribution in [1.29, 1.82) is 5.26 Å². The van der Waals surface area contributed by atoms with Gasteiger partial charge in [-0.1, -0.05) is 38.0 Å². The Balaban J connectivity index is 3.18. The second kappa shape index (κ2) is 8.97. The number of allylic oxidation sites excluding steroid dienone is 4. The van der Waals surface area contributed by atoms with Gasteiger partial charge in [0, 0.05) is 6.08 Å². The first-order chi connectivity index (χ1) is 5.41. The third kappa shape index (κ3) is 8.97. The molecule has 0 spiro atoms. The minimum Gasteiger partial charge on any atom is -0.193 e. The summed E-state index contributed by atoms with van der Waals surface area (Å²) in [5, 5.41) is 8.14. The normalized spacial score (nSPS) is 10.9. The fourth-order valence-electron chi connectivity index (χ4n) is 0.786. The van der Waals surface area contributed by atoms with Gasteiger partial charge in [0.2, 0.25) is 0 Å². The molecule has 0 heterocycles. The second-order valence-corrected chi connectivity index (χ2v) is 2.41. The van der Waals surface area contributed by atoms with E-state index in [2.05, 4.69) is 13.0 Å². The van der Waals surface area contributed by atoms with E-state index in [1.165, 1.54) is 25.3 Å². The van der Waals surface area contributed by atoms with Crippen LogP contribution in [0.2, 0.25) is 0 Å². The standard InChI is InChI=1S/C10H15N/c1-2-3-4-5-6-7-8-9-10-11/h6-9H,2-5H2,1H3. The quantitative estimate of drug-likeness (QED) is 0.334. The van der Waals surface area contributed by atoms with E-state index in [-0.39, 0.29) is 0 Å². The first-order valence-electron chi connectivity index (χ1n) is 4.13. The van der Waals surface area contributed by atoms with Crippen molar-refractivity contribution in [3.05, 3.63) is 24.3 Å². The van der Waals surface area contributed by atoms with Gasteiger partial charge in [0.05, 0.1) is 6.07 Å². The number of rotatable bonds is 5. The highest BCUT2D eigenvalue weighted by molar-refractivity contribution is 5.11. The molecule has 0 rings (SSSR count). The van der Waals surface area contributed by atoms with Crippen LogP contribution in [0.1, 0.15) is 32.6 Å². The maximum absolute atomic E-state index is 8.14. The molecule has 0 aliphatic rings. The molecule has 0 radical (unpaired) electrons. The Morgan fingerprint density at radius 3 is 2.73 bits per heavy atom. The molecule has 0 saturated carbocycles. The van der Waals surface area contributed by atoms with Gasteiger partial charge in [-0.05, 0) is 12.8 Å². The third-order valence-electron chi connectivity index (χ3n) is 1.39. The molecule has 1 nitrogen and oxygen atoms in total. The first kappa shape index (κ1) is 9.97. The van der Waals surface area contributed by atoms with Gasteiger partial charge in [-0.3, -0.25) is 0 Å². The highest BCUT2D eigenvalue weighted by Gasteiger charge is 1.79. The maximum atomic E-state index is 8.14. The molecule has 0 N–H and O–H groups in total. The van der Waals surface area contributed by atoms with E-state index in [1.54, 1.807) is 6.08 Å². The Hall–Kier alpha value is -1.03. The SMILES string of the molecule is CCCCCC=CC=CC#N. The summed E-state index contributed by atoms with van der Waals surface area (Å²) in [5.74, 6) is 0. The van der Waals surface area contributed by atoms with Crippen molar-refractivity contribution in [2.24, 2.45) is 0 Å². The van der Waals surface area contributed by atoms with Crippen LogP contribution < -0.4 is 0 Å². The van der Waals surface area contributed by atoms with E-state index in [0.29, 0.717) is 0 Å². The third-order valence-corrected chi connectivity index (χ3v) is 1.39. The highest BCUT2D eigenvalue weighted by atomic mass is 14.2. The summed E-state index contributed by atoms with van der Waals surface area (Å²) in [7, 11) is 0. The Morgan fingerprint density at radius 1 is 1.27 bits per heavy atom. The van der Waals surface area contributed by atoms with Crippen LogP contribution in [0.15, 0.2) is 24.3 Å².